The van der Waals surface area contributed by atoms with Crippen LogP contribution in [0.25, 0.3) is 0 Å². The summed E-state index contributed by atoms with van der Waals surface area (Å²) in [5.41, 5.74) is 5.94. The van der Waals surface area contributed by atoms with Gasteiger partial charge >= 0.3 is 0 Å². The average molecular weight is 489 g/mol. The normalized spacial score (nSPS) is 10.9. The minimum Gasteiger partial charge on any atom is -0.488 e. The van der Waals surface area contributed by atoms with Gasteiger partial charge in [-0.25, -0.2) is 5.43 Å². The van der Waals surface area contributed by atoms with Crippen molar-refractivity contribution in [2.75, 3.05) is 0 Å². The molecule has 0 saturated carbocycles. The van der Waals surface area contributed by atoms with Crippen LogP contribution in [0.15, 0.2) is 101 Å². The molecule has 1 aromatic heterocycles. The largest absolute Gasteiger partial charge is 0.488 e. The third-order valence-electron chi connectivity index (χ3n) is 4.69. The minimum absolute atomic E-state index is 0.281. The Morgan fingerprint density at radius 1 is 1.03 bits per heavy atom. The lowest BCUT2D eigenvalue weighted by Crippen LogP contribution is -2.18. The molecule has 1 heterocycles. The van der Waals surface area contributed by atoms with E-state index < -0.39 is 0 Å². The van der Waals surface area contributed by atoms with E-state index in [1.54, 1.807) is 23.2 Å². The summed E-state index contributed by atoms with van der Waals surface area (Å²) in [7, 11) is 0. The van der Waals surface area contributed by atoms with Crippen LogP contribution < -0.4 is 10.2 Å². The molecule has 4 rings (SSSR count). The van der Waals surface area contributed by atoms with E-state index in [-0.39, 0.29) is 5.91 Å². The van der Waals surface area contributed by atoms with Crippen molar-refractivity contribution >= 4 is 28.1 Å². The molecule has 0 aliphatic carbocycles. The van der Waals surface area contributed by atoms with E-state index >= 15 is 0 Å². The second kappa shape index (κ2) is 10.5. The Bertz CT molecular complexity index is 1200. The molecule has 0 bridgehead atoms. The number of hydrazone groups is 1. The highest BCUT2D eigenvalue weighted by Crippen LogP contribution is 2.18. The molecule has 1 N–H and O–H groups in total. The topological polar surface area (TPSA) is 68.5 Å². The van der Waals surface area contributed by atoms with Crippen LogP contribution in [-0.4, -0.2) is 21.9 Å². The number of rotatable bonds is 8. The smallest absolute Gasteiger partial charge is 0.271 e. The molecule has 0 aliphatic heterocycles. The first kappa shape index (κ1) is 21.5. The number of hydrogen-bond donors (Lipinski definition) is 1. The number of nitrogens with one attached hydrogen (secondary N) is 1. The molecule has 0 fully saturated rings. The maximum Gasteiger partial charge on any atom is 0.271 e. The Balaban J connectivity index is 1.37. The number of carbonyl (C=O) groups excluding carboxylic acids is 1. The average Bonchev–Trinajstić information content (AvgIpc) is 3.32. The van der Waals surface area contributed by atoms with E-state index in [9.17, 15) is 4.79 Å². The van der Waals surface area contributed by atoms with Gasteiger partial charge in [-0.1, -0.05) is 52.3 Å². The van der Waals surface area contributed by atoms with Crippen LogP contribution >= 0.6 is 15.9 Å². The highest BCUT2D eigenvalue weighted by atomic mass is 79.9. The number of benzene rings is 3. The SMILES string of the molecule is O=C(NN=Cc1ccccc1OCc1ccc(Br)cc1)c1cccc(Cn2cccn2)c1. The van der Waals surface area contributed by atoms with Crippen LogP contribution in [0.2, 0.25) is 0 Å². The van der Waals surface area contributed by atoms with Gasteiger partial charge in [0.2, 0.25) is 0 Å². The fraction of sp³-hybridized carbons (Fsp3) is 0.0800. The first-order valence-corrected chi connectivity index (χ1v) is 10.8. The molecule has 3 aromatic carbocycles. The third kappa shape index (κ3) is 5.92. The zero-order valence-electron chi connectivity index (χ0n) is 17.2. The highest BCUT2D eigenvalue weighted by Gasteiger charge is 2.06. The van der Waals surface area contributed by atoms with Gasteiger partial charge in [-0.15, -0.1) is 0 Å². The minimum atomic E-state index is -0.281. The van der Waals surface area contributed by atoms with Gasteiger partial charge in [-0.05, 0) is 53.6 Å². The van der Waals surface area contributed by atoms with Crippen molar-refractivity contribution in [2.24, 2.45) is 5.10 Å². The Hall–Kier alpha value is -3.71. The van der Waals surface area contributed by atoms with Crippen LogP contribution in [0.4, 0.5) is 0 Å². The maximum absolute atomic E-state index is 12.5. The Morgan fingerprint density at radius 3 is 2.69 bits per heavy atom. The lowest BCUT2D eigenvalue weighted by molar-refractivity contribution is 0.0955. The number of amides is 1. The summed E-state index contributed by atoms with van der Waals surface area (Å²) in [5.74, 6) is 0.409. The quantitative estimate of drug-likeness (QED) is 0.279. The Kier molecular flexibility index (Phi) is 7.09. The second-order valence-electron chi connectivity index (χ2n) is 7.06. The van der Waals surface area contributed by atoms with Crippen molar-refractivity contribution in [2.45, 2.75) is 13.2 Å². The van der Waals surface area contributed by atoms with Crippen LogP contribution in [-0.2, 0) is 13.2 Å². The van der Waals surface area contributed by atoms with Gasteiger partial charge in [0.25, 0.3) is 5.91 Å². The summed E-state index contributed by atoms with van der Waals surface area (Å²) in [5, 5.41) is 8.32. The first-order chi connectivity index (χ1) is 15.7. The maximum atomic E-state index is 12.5. The number of para-hydroxylation sites is 1. The van der Waals surface area contributed by atoms with Gasteiger partial charge in [0.05, 0.1) is 12.8 Å². The predicted octanol–water partition coefficient (Wildman–Crippen LogP) is 5.04. The number of ether oxygens (including phenoxy) is 1. The molecule has 0 aliphatic rings. The van der Waals surface area contributed by atoms with Crippen LogP contribution in [0.5, 0.6) is 5.75 Å². The third-order valence-corrected chi connectivity index (χ3v) is 5.22. The second-order valence-corrected chi connectivity index (χ2v) is 7.97. The van der Waals surface area contributed by atoms with Gasteiger partial charge in [-0.2, -0.15) is 10.2 Å². The number of aromatic nitrogens is 2. The Labute approximate surface area is 194 Å². The molecule has 4 aromatic rings. The van der Waals surface area contributed by atoms with Crippen LogP contribution in [0.1, 0.15) is 27.0 Å². The lowest BCUT2D eigenvalue weighted by atomic mass is 10.1. The monoisotopic (exact) mass is 488 g/mol. The number of nitrogens with zero attached hydrogens (tertiary/aromatic N) is 3. The van der Waals surface area contributed by atoms with Crippen molar-refractivity contribution < 1.29 is 9.53 Å². The lowest BCUT2D eigenvalue weighted by Gasteiger charge is -2.09. The molecular weight excluding hydrogens is 468 g/mol. The molecule has 32 heavy (non-hydrogen) atoms. The molecule has 160 valence electrons. The number of halogens is 1. The highest BCUT2D eigenvalue weighted by molar-refractivity contribution is 9.10. The first-order valence-electron chi connectivity index (χ1n) is 10.0. The molecule has 0 saturated heterocycles. The summed E-state index contributed by atoms with van der Waals surface area (Å²) in [4.78, 5) is 12.5. The fourth-order valence-electron chi connectivity index (χ4n) is 3.08. The van der Waals surface area contributed by atoms with Crippen LogP contribution in [0, 0.1) is 0 Å². The van der Waals surface area contributed by atoms with E-state index in [2.05, 4.69) is 31.6 Å². The summed E-state index contributed by atoms with van der Waals surface area (Å²) in [6.45, 7) is 1.04. The van der Waals surface area contributed by atoms with Gasteiger partial charge in [0, 0.05) is 28.0 Å². The number of carbonyl (C=O) groups is 1. The van der Waals surface area contributed by atoms with E-state index in [1.165, 1.54) is 0 Å². The molecule has 1 amide bonds. The molecular formula is C25H21BrN4O2. The van der Waals surface area contributed by atoms with Crippen molar-refractivity contribution in [1.29, 1.82) is 0 Å². The Morgan fingerprint density at radius 2 is 1.88 bits per heavy atom. The molecule has 0 atom stereocenters. The molecule has 0 spiro atoms. The van der Waals surface area contributed by atoms with Crippen molar-refractivity contribution in [3.63, 3.8) is 0 Å². The predicted molar refractivity (Wildman–Crippen MR) is 128 cm³/mol. The van der Waals surface area contributed by atoms with E-state index in [4.69, 9.17) is 4.74 Å². The molecule has 0 unspecified atom stereocenters. The number of hydrogen-bond acceptors (Lipinski definition) is 4. The fourth-order valence-corrected chi connectivity index (χ4v) is 3.34. The van der Waals surface area contributed by atoms with Gasteiger partial charge in [0.15, 0.2) is 0 Å². The summed E-state index contributed by atoms with van der Waals surface area (Å²) in [6, 6.07) is 24.8. The van der Waals surface area contributed by atoms with E-state index in [0.717, 1.165) is 21.2 Å². The van der Waals surface area contributed by atoms with Crippen LogP contribution in [0.3, 0.4) is 0 Å². The van der Waals surface area contributed by atoms with E-state index in [1.807, 2.05) is 79.0 Å². The summed E-state index contributed by atoms with van der Waals surface area (Å²) in [6.07, 6.45) is 5.20. The molecule has 7 heteroatoms. The van der Waals surface area contributed by atoms with Crippen molar-refractivity contribution in [3.05, 3.63) is 118 Å². The molecule has 6 nitrogen and oxygen atoms in total. The zero-order chi connectivity index (χ0) is 22.2. The van der Waals surface area contributed by atoms with Gasteiger partial charge in [0.1, 0.15) is 12.4 Å². The zero-order valence-corrected chi connectivity index (χ0v) is 18.8. The summed E-state index contributed by atoms with van der Waals surface area (Å²) >= 11 is 3.43. The van der Waals surface area contributed by atoms with Crippen molar-refractivity contribution in [1.82, 2.24) is 15.2 Å². The summed E-state index contributed by atoms with van der Waals surface area (Å²) < 4.78 is 8.77. The van der Waals surface area contributed by atoms with E-state index in [0.29, 0.717) is 24.5 Å². The standard InChI is InChI=1S/C25H21BrN4O2/c26-23-11-9-19(10-12-23)18-32-24-8-2-1-6-22(24)16-27-29-25(31)21-7-3-5-20(15-21)17-30-14-4-13-28-30/h1-16H,17-18H2,(H,29,31). The molecule has 0 radical (unpaired) electrons. The van der Waals surface area contributed by atoms with Crippen molar-refractivity contribution in [3.8, 4) is 5.75 Å². The van der Waals surface area contributed by atoms with Gasteiger partial charge < -0.3 is 4.74 Å². The van der Waals surface area contributed by atoms with Gasteiger partial charge in [-0.3, -0.25) is 9.48 Å².